The van der Waals surface area contributed by atoms with Crippen LogP contribution >= 0.6 is 11.3 Å². The van der Waals surface area contributed by atoms with E-state index < -0.39 is 47.3 Å². The Bertz CT molecular complexity index is 1470. The fourth-order valence-electron chi connectivity index (χ4n) is 3.36. The first-order valence-corrected chi connectivity index (χ1v) is 11.2. The molecule has 0 atom stereocenters. The van der Waals surface area contributed by atoms with E-state index in [-0.39, 0.29) is 39.8 Å². The highest BCUT2D eigenvalue weighted by Gasteiger charge is 2.30. The zero-order valence-corrected chi connectivity index (χ0v) is 20.4. The second-order valence-electron chi connectivity index (χ2n) is 7.72. The van der Waals surface area contributed by atoms with Crippen molar-refractivity contribution >= 4 is 33.8 Å². The first-order chi connectivity index (χ1) is 17.2. The molecule has 0 aliphatic carbocycles. The number of alkyl halides is 3. The van der Waals surface area contributed by atoms with E-state index >= 15 is 0 Å². The lowest BCUT2D eigenvalue weighted by atomic mass is 10.1. The van der Waals surface area contributed by atoms with Crippen molar-refractivity contribution in [1.82, 2.24) is 14.1 Å². The number of anilines is 2. The Labute approximate surface area is 209 Å². The maximum Gasteiger partial charge on any atom is 0.422 e. The molecule has 0 bridgehead atoms. The van der Waals surface area contributed by atoms with E-state index in [1.165, 1.54) is 31.1 Å². The van der Waals surface area contributed by atoms with Crippen LogP contribution in [-0.4, -0.2) is 39.9 Å². The molecule has 0 aliphatic rings. The van der Waals surface area contributed by atoms with Crippen LogP contribution in [0.4, 0.5) is 32.9 Å². The number of carbonyl (C=O) groups is 1. The molecule has 0 aliphatic heterocycles. The van der Waals surface area contributed by atoms with E-state index in [0.717, 1.165) is 28.0 Å². The second kappa shape index (κ2) is 10.5. The third kappa shape index (κ3) is 6.04. The Morgan fingerprint density at radius 3 is 2.35 bits per heavy atom. The Morgan fingerprint density at radius 1 is 1.16 bits per heavy atom. The predicted molar refractivity (Wildman–Crippen MR) is 128 cm³/mol. The van der Waals surface area contributed by atoms with Crippen LogP contribution in [0.15, 0.2) is 33.7 Å². The van der Waals surface area contributed by atoms with Gasteiger partial charge in [0.2, 0.25) is 5.91 Å². The van der Waals surface area contributed by atoms with Gasteiger partial charge in [0, 0.05) is 32.1 Å². The fraction of sp³-hybridized carbons (Fsp3) is 0.273. The van der Waals surface area contributed by atoms with Crippen LogP contribution in [-0.2, 0) is 18.9 Å². The van der Waals surface area contributed by atoms with Gasteiger partial charge in [0.25, 0.3) is 5.56 Å². The Balaban J connectivity index is 1.76. The van der Waals surface area contributed by atoms with Gasteiger partial charge in [0.1, 0.15) is 5.82 Å². The van der Waals surface area contributed by atoms with Gasteiger partial charge in [-0.2, -0.15) is 13.2 Å². The van der Waals surface area contributed by atoms with Crippen LogP contribution in [0.25, 0.3) is 16.8 Å². The molecule has 15 heteroatoms. The van der Waals surface area contributed by atoms with Gasteiger partial charge in [-0.1, -0.05) is 6.58 Å². The van der Waals surface area contributed by atoms with Crippen molar-refractivity contribution in [3.05, 3.63) is 62.1 Å². The number of carbonyl (C=O) groups excluding carboxylic acids is 1. The Kier molecular flexibility index (Phi) is 7.86. The van der Waals surface area contributed by atoms with E-state index in [0.29, 0.717) is 0 Å². The van der Waals surface area contributed by atoms with Gasteiger partial charge in [-0.3, -0.25) is 18.7 Å². The van der Waals surface area contributed by atoms with Crippen molar-refractivity contribution in [2.75, 3.05) is 24.3 Å². The minimum atomic E-state index is -4.77. The molecule has 3 aromatic rings. The number of aromatic nitrogens is 3. The molecule has 0 radical (unpaired) electrons. The van der Waals surface area contributed by atoms with E-state index in [2.05, 4.69) is 26.9 Å². The highest BCUT2D eigenvalue weighted by Crippen LogP contribution is 2.32. The zero-order valence-electron chi connectivity index (χ0n) is 19.6. The van der Waals surface area contributed by atoms with Crippen molar-refractivity contribution in [3.8, 4) is 17.0 Å². The second-order valence-corrected chi connectivity index (χ2v) is 8.58. The average molecular weight is 545 g/mol. The maximum absolute atomic E-state index is 14.2. The van der Waals surface area contributed by atoms with Crippen molar-refractivity contribution in [2.45, 2.75) is 12.6 Å². The molecule has 0 spiro atoms. The Morgan fingerprint density at radius 2 is 1.78 bits per heavy atom. The van der Waals surface area contributed by atoms with Gasteiger partial charge < -0.3 is 15.4 Å². The van der Waals surface area contributed by atoms with Gasteiger partial charge >= 0.3 is 11.9 Å². The third-order valence-electron chi connectivity index (χ3n) is 5.05. The van der Waals surface area contributed by atoms with Gasteiger partial charge in [-0.25, -0.2) is 18.6 Å². The highest BCUT2D eigenvalue weighted by atomic mass is 32.1. The SMILES string of the molecule is C=C(CC(=O)Nc1nc(-c2cc(F)c(OCC(F)(F)F)c(F)c2)cs1)c1c(NC)n(C)c(=O)n(C)c1=O. The number of benzene rings is 1. The normalized spacial score (nSPS) is 11.4. The number of thiazole rings is 1. The molecule has 2 heterocycles. The van der Waals surface area contributed by atoms with E-state index in [1.807, 2.05) is 0 Å². The summed E-state index contributed by atoms with van der Waals surface area (Å²) in [7, 11) is 4.24. The standard InChI is InChI=1S/C22H20F5N5O4S/c1-10(16-18(28-2)31(3)21(35)32(4)19(16)34)5-15(33)30-20-29-14(8-37-20)11-6-12(23)17(13(24)7-11)36-9-22(25,26)27/h6-8,28H,1,5,9H2,2-4H3,(H,29,30,33). The predicted octanol–water partition coefficient (Wildman–Crippen LogP) is 3.51. The lowest BCUT2D eigenvalue weighted by molar-refractivity contribution is -0.154. The van der Waals surface area contributed by atoms with Gasteiger partial charge in [-0.15, -0.1) is 11.3 Å². The molecule has 37 heavy (non-hydrogen) atoms. The lowest BCUT2D eigenvalue weighted by Gasteiger charge is -2.15. The molecule has 0 fully saturated rings. The van der Waals surface area contributed by atoms with Crippen LogP contribution in [0.5, 0.6) is 5.75 Å². The molecule has 1 amide bonds. The first kappa shape index (κ1) is 27.6. The van der Waals surface area contributed by atoms with Crippen molar-refractivity contribution in [2.24, 2.45) is 14.1 Å². The summed E-state index contributed by atoms with van der Waals surface area (Å²) in [6.45, 7) is 1.92. The lowest BCUT2D eigenvalue weighted by Crippen LogP contribution is -2.40. The molecular weight excluding hydrogens is 525 g/mol. The Hall–Kier alpha value is -4.01. The summed E-state index contributed by atoms with van der Waals surface area (Å²) in [5.74, 6) is -4.32. The highest BCUT2D eigenvalue weighted by molar-refractivity contribution is 7.14. The third-order valence-corrected chi connectivity index (χ3v) is 5.81. The maximum atomic E-state index is 14.2. The number of rotatable bonds is 8. The van der Waals surface area contributed by atoms with Gasteiger partial charge in [0.15, 0.2) is 29.1 Å². The number of nitrogens with one attached hydrogen (secondary N) is 2. The minimum absolute atomic E-state index is 0.0425. The molecule has 9 nitrogen and oxygen atoms in total. The quantitative estimate of drug-likeness (QED) is 0.420. The van der Waals surface area contributed by atoms with E-state index in [9.17, 15) is 36.3 Å². The van der Waals surface area contributed by atoms with E-state index in [1.54, 1.807) is 0 Å². The molecule has 198 valence electrons. The van der Waals surface area contributed by atoms with Crippen molar-refractivity contribution in [3.63, 3.8) is 0 Å². The summed E-state index contributed by atoms with van der Waals surface area (Å²) in [5.41, 5.74) is -1.10. The molecule has 1 aromatic carbocycles. The summed E-state index contributed by atoms with van der Waals surface area (Å²) in [5, 5.41) is 6.65. The molecule has 2 N–H and O–H groups in total. The van der Waals surface area contributed by atoms with Crippen molar-refractivity contribution < 1.29 is 31.5 Å². The smallest absolute Gasteiger partial charge is 0.422 e. The average Bonchev–Trinajstić information content (AvgIpc) is 3.26. The van der Waals surface area contributed by atoms with Crippen LogP contribution < -0.4 is 26.6 Å². The zero-order chi connectivity index (χ0) is 27.7. The monoisotopic (exact) mass is 545 g/mol. The number of nitrogens with zero attached hydrogens (tertiary/aromatic N) is 3. The summed E-state index contributed by atoms with van der Waals surface area (Å²) in [6.07, 6.45) is -5.12. The molecule has 2 aromatic heterocycles. The molecule has 0 unspecified atom stereocenters. The fourth-order valence-corrected chi connectivity index (χ4v) is 4.10. The van der Waals surface area contributed by atoms with Gasteiger partial charge in [-0.05, 0) is 17.7 Å². The summed E-state index contributed by atoms with van der Waals surface area (Å²) in [6, 6.07) is 1.51. The van der Waals surface area contributed by atoms with E-state index in [4.69, 9.17) is 0 Å². The molecule has 0 saturated heterocycles. The van der Waals surface area contributed by atoms with Crippen molar-refractivity contribution in [1.29, 1.82) is 0 Å². The first-order valence-electron chi connectivity index (χ1n) is 10.3. The molecular formula is C22H20F5N5O4S. The van der Waals surface area contributed by atoms with Crippen LogP contribution in [0.2, 0.25) is 0 Å². The molecule has 3 rings (SSSR count). The minimum Gasteiger partial charge on any atom is -0.478 e. The summed E-state index contributed by atoms with van der Waals surface area (Å²) >= 11 is 0.922. The number of halogens is 5. The number of amides is 1. The van der Waals surface area contributed by atoms with Crippen LogP contribution in [0.3, 0.4) is 0 Å². The molecule has 0 saturated carbocycles. The van der Waals surface area contributed by atoms with Crippen LogP contribution in [0.1, 0.15) is 12.0 Å². The number of hydrogen-bond donors (Lipinski definition) is 2. The summed E-state index contributed by atoms with van der Waals surface area (Å²) in [4.78, 5) is 41.4. The number of hydrogen-bond acceptors (Lipinski definition) is 7. The summed E-state index contributed by atoms with van der Waals surface area (Å²) < 4.78 is 71.5. The number of ether oxygens (including phenoxy) is 1. The largest absolute Gasteiger partial charge is 0.478 e. The topological polar surface area (TPSA) is 107 Å². The van der Waals surface area contributed by atoms with Gasteiger partial charge in [0.05, 0.1) is 17.7 Å². The van der Waals surface area contributed by atoms with Crippen LogP contribution in [0, 0.1) is 11.6 Å².